The maximum atomic E-state index is 11.4. The minimum Gasteiger partial charge on any atom is -0.478 e. The van der Waals surface area contributed by atoms with E-state index >= 15 is 0 Å². The number of H-pyrrole nitrogens is 1. The first-order valence-corrected chi connectivity index (χ1v) is 8.07. The number of hydrogen-bond acceptors (Lipinski definition) is 8. The summed E-state index contributed by atoms with van der Waals surface area (Å²) in [7, 11) is 0. The van der Waals surface area contributed by atoms with Crippen LogP contribution >= 0.6 is 0 Å². The van der Waals surface area contributed by atoms with Gasteiger partial charge in [-0.2, -0.15) is 15.5 Å². The van der Waals surface area contributed by atoms with E-state index in [4.69, 9.17) is 5.73 Å². The molecule has 0 bridgehead atoms. The minimum atomic E-state index is -1.32. The van der Waals surface area contributed by atoms with Crippen LogP contribution in [0.4, 0.5) is 17.3 Å². The molecule has 12 nitrogen and oxygen atoms in total. The van der Waals surface area contributed by atoms with Gasteiger partial charge in [0.25, 0.3) is 0 Å². The van der Waals surface area contributed by atoms with Crippen molar-refractivity contribution in [2.75, 3.05) is 5.73 Å². The number of nitrogens with one attached hydrogen (secondary N) is 1. The second-order valence-electron chi connectivity index (χ2n) is 5.97. The molecule has 0 atom stereocenters. The number of rotatable bonds is 5. The lowest BCUT2D eigenvalue weighted by atomic mass is 10.1. The average molecular weight is 394 g/mol. The van der Waals surface area contributed by atoms with Crippen molar-refractivity contribution in [1.82, 2.24) is 20.0 Å². The first-order valence-electron chi connectivity index (χ1n) is 8.07. The van der Waals surface area contributed by atoms with Gasteiger partial charge in [0.05, 0.1) is 28.2 Å². The zero-order valence-corrected chi connectivity index (χ0v) is 15.2. The van der Waals surface area contributed by atoms with Crippen LogP contribution in [0.25, 0.3) is 5.69 Å². The number of aryl methyl sites for hydroxylation is 2. The Morgan fingerprint density at radius 2 is 1.79 bits per heavy atom. The highest BCUT2D eigenvalue weighted by molar-refractivity contribution is 5.94. The lowest BCUT2D eigenvalue weighted by molar-refractivity contribution is 0.0696. The number of carboxylic acids is 2. The topological polar surface area (TPSA) is 196 Å². The molecule has 29 heavy (non-hydrogen) atoms. The molecular weight excluding hydrogens is 380 g/mol. The maximum absolute atomic E-state index is 11.4. The maximum Gasteiger partial charge on any atom is 0.335 e. The summed E-state index contributed by atoms with van der Waals surface area (Å²) in [6.45, 7) is 3.24. The molecule has 0 saturated heterocycles. The van der Waals surface area contributed by atoms with Crippen molar-refractivity contribution in [2.24, 2.45) is 10.2 Å². The van der Waals surface area contributed by atoms with Crippen LogP contribution < -0.4 is 5.73 Å². The lowest BCUT2D eigenvalue weighted by Crippen LogP contribution is -2.06. The van der Waals surface area contributed by atoms with Gasteiger partial charge in [-0.3, -0.25) is 5.10 Å². The third kappa shape index (κ3) is 3.52. The molecule has 146 valence electrons. The van der Waals surface area contributed by atoms with Gasteiger partial charge in [-0.15, -0.1) is 10.2 Å². The fraction of sp³-hybridized carbons (Fsp3) is 0.118. The van der Waals surface area contributed by atoms with Gasteiger partial charge < -0.3 is 15.9 Å². The SMILES string of the molecule is Cc1nn(-c2cc(C(=O)O)cc(C(=O)O)c2)c(N=Nc2c(N)n[nH]c2C)c1C#N. The van der Waals surface area contributed by atoms with Gasteiger partial charge >= 0.3 is 11.9 Å². The highest BCUT2D eigenvalue weighted by atomic mass is 16.4. The monoisotopic (exact) mass is 394 g/mol. The zero-order valence-electron chi connectivity index (χ0n) is 15.2. The Morgan fingerprint density at radius 1 is 1.17 bits per heavy atom. The highest BCUT2D eigenvalue weighted by Crippen LogP contribution is 2.31. The molecule has 0 unspecified atom stereocenters. The fourth-order valence-electron chi connectivity index (χ4n) is 2.56. The number of aromatic amines is 1. The van der Waals surface area contributed by atoms with E-state index in [1.54, 1.807) is 13.8 Å². The summed E-state index contributed by atoms with van der Waals surface area (Å²) in [4.78, 5) is 22.8. The number of azo groups is 1. The van der Waals surface area contributed by atoms with E-state index in [2.05, 4.69) is 25.5 Å². The van der Waals surface area contributed by atoms with Gasteiger partial charge in [0.15, 0.2) is 17.3 Å². The second kappa shape index (κ2) is 7.24. The van der Waals surface area contributed by atoms with Gasteiger partial charge in [-0.25, -0.2) is 14.3 Å². The number of carbonyl (C=O) groups is 2. The van der Waals surface area contributed by atoms with Gasteiger partial charge in [-0.1, -0.05) is 0 Å². The Morgan fingerprint density at radius 3 is 2.28 bits per heavy atom. The molecule has 0 aliphatic rings. The summed E-state index contributed by atoms with van der Waals surface area (Å²) >= 11 is 0. The Labute approximate surface area is 162 Å². The van der Waals surface area contributed by atoms with Crippen molar-refractivity contribution in [3.05, 3.63) is 46.3 Å². The number of nitrogen functional groups attached to an aromatic ring is 1. The number of nitrogens with zero attached hydrogens (tertiary/aromatic N) is 6. The van der Waals surface area contributed by atoms with Crippen LogP contribution in [0.3, 0.4) is 0 Å². The van der Waals surface area contributed by atoms with Crippen LogP contribution in [0.1, 0.15) is 37.7 Å². The summed E-state index contributed by atoms with van der Waals surface area (Å²) in [6.07, 6.45) is 0. The number of nitriles is 1. The quantitative estimate of drug-likeness (QED) is 0.473. The molecule has 0 amide bonds. The van der Waals surface area contributed by atoms with E-state index in [1.807, 2.05) is 6.07 Å². The van der Waals surface area contributed by atoms with Gasteiger partial charge in [0, 0.05) is 0 Å². The van der Waals surface area contributed by atoms with Crippen LogP contribution in [0, 0.1) is 25.2 Å². The number of nitrogens with two attached hydrogens (primary N) is 1. The molecule has 12 heteroatoms. The lowest BCUT2D eigenvalue weighted by Gasteiger charge is -2.07. The van der Waals surface area contributed by atoms with Crippen molar-refractivity contribution in [1.29, 1.82) is 5.26 Å². The molecule has 0 spiro atoms. The van der Waals surface area contributed by atoms with Crippen LogP contribution in [0.15, 0.2) is 28.4 Å². The number of benzene rings is 1. The molecule has 0 fully saturated rings. The molecule has 3 rings (SSSR count). The van der Waals surface area contributed by atoms with Crippen molar-refractivity contribution >= 4 is 29.3 Å². The molecule has 2 heterocycles. The second-order valence-corrected chi connectivity index (χ2v) is 5.97. The van der Waals surface area contributed by atoms with Crippen molar-refractivity contribution in [3.8, 4) is 11.8 Å². The van der Waals surface area contributed by atoms with E-state index < -0.39 is 11.9 Å². The molecule has 0 saturated carbocycles. The van der Waals surface area contributed by atoms with E-state index in [9.17, 15) is 25.1 Å². The molecule has 0 aliphatic heterocycles. The van der Waals surface area contributed by atoms with Crippen LogP contribution in [-0.4, -0.2) is 42.1 Å². The summed E-state index contributed by atoms with van der Waals surface area (Å²) in [5, 5.41) is 46.8. The molecule has 0 aliphatic carbocycles. The first kappa shape index (κ1) is 19.2. The molecule has 2 aromatic heterocycles. The van der Waals surface area contributed by atoms with Gasteiger partial charge in [-0.05, 0) is 32.0 Å². The Bertz CT molecular complexity index is 1160. The summed E-state index contributed by atoms with van der Waals surface area (Å²) in [6, 6.07) is 5.43. The van der Waals surface area contributed by atoms with Crippen LogP contribution in [-0.2, 0) is 0 Å². The average Bonchev–Trinajstić information content (AvgIpc) is 3.17. The van der Waals surface area contributed by atoms with Crippen LogP contribution in [0.2, 0.25) is 0 Å². The number of hydrogen-bond donors (Lipinski definition) is 4. The smallest absolute Gasteiger partial charge is 0.335 e. The largest absolute Gasteiger partial charge is 0.478 e. The van der Waals surface area contributed by atoms with E-state index in [0.717, 1.165) is 10.7 Å². The third-order valence-corrected chi connectivity index (χ3v) is 3.99. The highest BCUT2D eigenvalue weighted by Gasteiger charge is 2.20. The molecular formula is C17H14N8O4. The molecule has 1 aromatic carbocycles. The van der Waals surface area contributed by atoms with Crippen molar-refractivity contribution < 1.29 is 19.8 Å². The normalized spacial score (nSPS) is 10.9. The van der Waals surface area contributed by atoms with E-state index in [1.165, 1.54) is 12.1 Å². The predicted octanol–water partition coefficient (Wildman–Crippen LogP) is 2.48. The molecule has 3 aromatic rings. The zero-order chi connectivity index (χ0) is 21.3. The third-order valence-electron chi connectivity index (χ3n) is 3.99. The van der Waals surface area contributed by atoms with Crippen LogP contribution in [0.5, 0.6) is 0 Å². The molecule has 0 radical (unpaired) electrons. The first-order chi connectivity index (χ1) is 13.7. The standard InChI is InChI=1S/C17H14N8O4/c1-7-12(6-18)15(23-21-13-8(2)20-22-14(13)19)25(24-7)11-4-9(16(26)27)3-10(5-11)17(28)29/h3-5H,1-2H3,(H,26,27)(H,28,29)(H3,19,20,22). The number of anilines is 1. The Balaban J connectivity index is 2.23. The van der Waals surface area contributed by atoms with Gasteiger partial charge in [0.2, 0.25) is 0 Å². The fourth-order valence-corrected chi connectivity index (χ4v) is 2.56. The summed E-state index contributed by atoms with van der Waals surface area (Å²) < 4.78 is 1.15. The number of aromatic carboxylic acids is 2. The predicted molar refractivity (Wildman–Crippen MR) is 98.8 cm³/mol. The van der Waals surface area contributed by atoms with E-state index in [-0.39, 0.29) is 39.7 Å². The summed E-state index contributed by atoms with van der Waals surface area (Å²) in [5.41, 5.74) is 6.51. The molecule has 5 N–H and O–H groups in total. The number of aromatic nitrogens is 4. The van der Waals surface area contributed by atoms with Gasteiger partial charge in [0.1, 0.15) is 11.6 Å². The minimum absolute atomic E-state index is 0.0103. The Hall–Kier alpha value is -4.53. The number of carboxylic acid groups (broad SMARTS) is 2. The van der Waals surface area contributed by atoms with Crippen molar-refractivity contribution in [3.63, 3.8) is 0 Å². The Kier molecular flexibility index (Phi) is 4.80. The summed E-state index contributed by atoms with van der Waals surface area (Å²) in [5.74, 6) is -2.54. The van der Waals surface area contributed by atoms with Crippen molar-refractivity contribution in [2.45, 2.75) is 13.8 Å². The van der Waals surface area contributed by atoms with E-state index in [0.29, 0.717) is 11.4 Å².